The van der Waals surface area contributed by atoms with E-state index in [-0.39, 0.29) is 0 Å². The molecule has 2 N–H and O–H groups in total. The van der Waals surface area contributed by atoms with Gasteiger partial charge in [0, 0.05) is 12.8 Å². The first kappa shape index (κ1) is 9.68. The third-order valence-electron chi connectivity index (χ3n) is 2.60. The van der Waals surface area contributed by atoms with Crippen molar-refractivity contribution >= 4 is 0 Å². The Balaban J connectivity index is 1.94. The minimum atomic E-state index is 0.446. The van der Waals surface area contributed by atoms with Gasteiger partial charge in [-0.3, -0.25) is 4.68 Å². The second-order valence-corrected chi connectivity index (χ2v) is 3.74. The molecule has 0 unspecified atom stereocenters. The zero-order valence-electron chi connectivity index (χ0n) is 8.35. The molecule has 0 amide bonds. The molecule has 1 fully saturated rings. The molecule has 1 aliphatic rings. The molecule has 2 heterocycles. The first-order valence-corrected chi connectivity index (χ1v) is 5.21. The molecular weight excluding hydrogens is 178 g/mol. The predicted molar refractivity (Wildman–Crippen MR) is 54.1 cm³/mol. The highest BCUT2D eigenvalue weighted by atomic mass is 16.5. The fourth-order valence-corrected chi connectivity index (χ4v) is 1.74. The van der Waals surface area contributed by atoms with E-state index in [1.54, 1.807) is 0 Å². The lowest BCUT2D eigenvalue weighted by molar-refractivity contribution is 0.184. The summed E-state index contributed by atoms with van der Waals surface area (Å²) in [4.78, 5) is 0. The van der Waals surface area contributed by atoms with Crippen LogP contribution in [0.25, 0.3) is 0 Å². The molecule has 0 radical (unpaired) electrons. The Morgan fingerprint density at radius 1 is 1.64 bits per heavy atom. The Hall–Kier alpha value is -0.870. The molecule has 0 bridgehead atoms. The van der Waals surface area contributed by atoms with Gasteiger partial charge in [-0.15, -0.1) is 0 Å². The van der Waals surface area contributed by atoms with E-state index in [1.807, 2.05) is 10.9 Å². The monoisotopic (exact) mass is 195 g/mol. The standard InChI is InChI=1S/C10H17N3O/c11-4-1-2-9-6-12-13(7-9)10-3-5-14-8-10/h6-7,10H,1-5,8,11H2/t10-/m0/s1. The third-order valence-corrected chi connectivity index (χ3v) is 2.60. The molecule has 1 atom stereocenters. The summed E-state index contributed by atoms with van der Waals surface area (Å²) < 4.78 is 7.35. The lowest BCUT2D eigenvalue weighted by Crippen LogP contribution is -2.08. The number of nitrogens with zero attached hydrogens (tertiary/aromatic N) is 2. The van der Waals surface area contributed by atoms with Crippen LogP contribution in [0.5, 0.6) is 0 Å². The van der Waals surface area contributed by atoms with E-state index in [0.29, 0.717) is 6.04 Å². The minimum Gasteiger partial charge on any atom is -0.379 e. The molecule has 0 aliphatic carbocycles. The maximum absolute atomic E-state index is 5.46. The molecular formula is C10H17N3O. The minimum absolute atomic E-state index is 0.446. The van der Waals surface area contributed by atoms with Crippen molar-refractivity contribution in [2.24, 2.45) is 5.73 Å². The molecule has 0 saturated carbocycles. The van der Waals surface area contributed by atoms with Crippen LogP contribution in [-0.2, 0) is 11.2 Å². The van der Waals surface area contributed by atoms with Gasteiger partial charge in [0.2, 0.25) is 0 Å². The molecule has 2 rings (SSSR count). The topological polar surface area (TPSA) is 53.1 Å². The fraction of sp³-hybridized carbons (Fsp3) is 0.700. The van der Waals surface area contributed by atoms with Crippen LogP contribution in [0.3, 0.4) is 0 Å². The Bertz CT molecular complexity index is 279. The van der Waals surface area contributed by atoms with Crippen molar-refractivity contribution in [3.8, 4) is 0 Å². The number of aryl methyl sites for hydroxylation is 1. The quantitative estimate of drug-likeness (QED) is 0.770. The van der Waals surface area contributed by atoms with Gasteiger partial charge in [-0.2, -0.15) is 5.10 Å². The van der Waals surface area contributed by atoms with Crippen LogP contribution < -0.4 is 5.73 Å². The van der Waals surface area contributed by atoms with Gasteiger partial charge < -0.3 is 10.5 Å². The second kappa shape index (κ2) is 4.57. The zero-order chi connectivity index (χ0) is 9.80. The Morgan fingerprint density at radius 2 is 2.57 bits per heavy atom. The highest BCUT2D eigenvalue weighted by molar-refractivity contribution is 5.04. The summed E-state index contributed by atoms with van der Waals surface area (Å²) in [7, 11) is 0. The second-order valence-electron chi connectivity index (χ2n) is 3.74. The summed E-state index contributed by atoms with van der Waals surface area (Å²) in [6.07, 6.45) is 7.21. The summed E-state index contributed by atoms with van der Waals surface area (Å²) in [5.74, 6) is 0. The van der Waals surface area contributed by atoms with Gasteiger partial charge >= 0.3 is 0 Å². The van der Waals surface area contributed by atoms with E-state index in [1.165, 1.54) is 5.56 Å². The van der Waals surface area contributed by atoms with Gasteiger partial charge in [-0.25, -0.2) is 0 Å². The summed E-state index contributed by atoms with van der Waals surface area (Å²) in [5.41, 5.74) is 6.74. The molecule has 14 heavy (non-hydrogen) atoms. The van der Waals surface area contributed by atoms with Crippen LogP contribution in [0, 0.1) is 0 Å². The Morgan fingerprint density at radius 3 is 3.29 bits per heavy atom. The van der Waals surface area contributed by atoms with Crippen molar-refractivity contribution in [2.45, 2.75) is 25.3 Å². The third kappa shape index (κ3) is 2.13. The van der Waals surface area contributed by atoms with Crippen LogP contribution in [0.2, 0.25) is 0 Å². The van der Waals surface area contributed by atoms with E-state index in [9.17, 15) is 0 Å². The summed E-state index contributed by atoms with van der Waals surface area (Å²) >= 11 is 0. The first-order valence-electron chi connectivity index (χ1n) is 5.21. The van der Waals surface area contributed by atoms with Gasteiger partial charge in [-0.1, -0.05) is 0 Å². The first-order chi connectivity index (χ1) is 6.90. The van der Waals surface area contributed by atoms with Crippen LogP contribution in [0.4, 0.5) is 0 Å². The van der Waals surface area contributed by atoms with E-state index < -0.39 is 0 Å². The van der Waals surface area contributed by atoms with Crippen LogP contribution in [0.15, 0.2) is 12.4 Å². The number of aromatic nitrogens is 2. The van der Waals surface area contributed by atoms with Crippen molar-refractivity contribution in [3.63, 3.8) is 0 Å². The molecule has 1 aromatic heterocycles. The van der Waals surface area contributed by atoms with Crippen LogP contribution in [0.1, 0.15) is 24.4 Å². The molecule has 0 aromatic carbocycles. The maximum Gasteiger partial charge on any atom is 0.0774 e. The van der Waals surface area contributed by atoms with Gasteiger partial charge in [-0.05, 0) is 31.4 Å². The average molecular weight is 195 g/mol. The molecule has 78 valence electrons. The van der Waals surface area contributed by atoms with Crippen molar-refractivity contribution in [3.05, 3.63) is 18.0 Å². The lowest BCUT2D eigenvalue weighted by Gasteiger charge is -2.06. The molecule has 1 aliphatic heterocycles. The summed E-state index contributed by atoms with van der Waals surface area (Å²) in [5, 5.41) is 4.35. The summed E-state index contributed by atoms with van der Waals surface area (Å²) in [6, 6.07) is 0.446. The Kier molecular flexibility index (Phi) is 3.16. The number of hydrogen-bond acceptors (Lipinski definition) is 3. The Labute approximate surface area is 84.0 Å². The highest BCUT2D eigenvalue weighted by Crippen LogP contribution is 2.18. The van der Waals surface area contributed by atoms with Gasteiger partial charge in [0.25, 0.3) is 0 Å². The van der Waals surface area contributed by atoms with Crippen LogP contribution >= 0.6 is 0 Å². The predicted octanol–water partition coefficient (Wildman–Crippen LogP) is 0.736. The molecule has 1 saturated heterocycles. The molecule has 4 heteroatoms. The summed E-state index contributed by atoms with van der Waals surface area (Å²) in [6.45, 7) is 2.42. The number of ether oxygens (including phenoxy) is 1. The van der Waals surface area contributed by atoms with Gasteiger partial charge in [0.15, 0.2) is 0 Å². The number of nitrogens with two attached hydrogens (primary N) is 1. The van der Waals surface area contributed by atoms with Crippen LogP contribution in [-0.4, -0.2) is 29.5 Å². The average Bonchev–Trinajstić information content (AvgIpc) is 2.85. The van der Waals surface area contributed by atoms with E-state index >= 15 is 0 Å². The SMILES string of the molecule is NCCCc1cnn([C@H]2CCOC2)c1. The van der Waals surface area contributed by atoms with E-state index in [0.717, 1.165) is 39.0 Å². The normalized spacial score (nSPS) is 21.6. The lowest BCUT2D eigenvalue weighted by atomic mass is 10.2. The van der Waals surface area contributed by atoms with Gasteiger partial charge in [0.05, 0.1) is 18.8 Å². The van der Waals surface area contributed by atoms with Crippen molar-refractivity contribution in [2.75, 3.05) is 19.8 Å². The fourth-order valence-electron chi connectivity index (χ4n) is 1.74. The smallest absolute Gasteiger partial charge is 0.0774 e. The molecule has 1 aromatic rings. The molecule has 4 nitrogen and oxygen atoms in total. The van der Waals surface area contributed by atoms with E-state index in [4.69, 9.17) is 10.5 Å². The highest BCUT2D eigenvalue weighted by Gasteiger charge is 2.17. The maximum atomic E-state index is 5.46. The zero-order valence-corrected chi connectivity index (χ0v) is 8.35. The number of rotatable bonds is 4. The van der Waals surface area contributed by atoms with Crippen molar-refractivity contribution in [1.29, 1.82) is 0 Å². The van der Waals surface area contributed by atoms with Crippen molar-refractivity contribution in [1.82, 2.24) is 9.78 Å². The van der Waals surface area contributed by atoms with Crippen molar-refractivity contribution < 1.29 is 4.74 Å². The number of hydrogen-bond donors (Lipinski definition) is 1. The largest absolute Gasteiger partial charge is 0.379 e. The van der Waals surface area contributed by atoms with E-state index in [2.05, 4.69) is 11.3 Å². The van der Waals surface area contributed by atoms with Gasteiger partial charge in [0.1, 0.15) is 0 Å². The molecule has 0 spiro atoms.